The number of carbonyl (C=O) groups excluding carboxylic acids is 1. The Labute approximate surface area is 102 Å². The maximum absolute atomic E-state index is 10.9. The molecule has 1 aromatic carbocycles. The van der Waals surface area contributed by atoms with Crippen molar-refractivity contribution in [3.63, 3.8) is 0 Å². The zero-order valence-electron chi connectivity index (χ0n) is 8.52. The van der Waals surface area contributed by atoms with Crippen molar-refractivity contribution in [2.75, 3.05) is 0 Å². The third kappa shape index (κ3) is 4.02. The second-order valence-corrected chi connectivity index (χ2v) is 4.43. The fourth-order valence-corrected chi connectivity index (χ4v) is 1.76. The number of halogens is 1. The van der Waals surface area contributed by atoms with Gasteiger partial charge in [-0.25, -0.2) is 0 Å². The van der Waals surface area contributed by atoms with Crippen LogP contribution in [0.5, 0.6) is 0 Å². The molecule has 5 heteroatoms. The Morgan fingerprint density at radius 3 is 2.25 bits per heavy atom. The number of hydrogen-bond acceptors (Lipinski definition) is 2. The van der Waals surface area contributed by atoms with Crippen LogP contribution in [0.2, 0.25) is 0 Å². The van der Waals surface area contributed by atoms with Crippen LogP contribution in [0.1, 0.15) is 24.3 Å². The van der Waals surface area contributed by atoms with E-state index in [0.717, 1.165) is 10.0 Å². The van der Waals surface area contributed by atoms with Gasteiger partial charge in [0.25, 0.3) is 0 Å². The highest BCUT2D eigenvalue weighted by atomic mass is 79.9. The minimum atomic E-state index is -0.936. The summed E-state index contributed by atoms with van der Waals surface area (Å²) in [5.74, 6) is -1.79. The van der Waals surface area contributed by atoms with Crippen LogP contribution in [-0.4, -0.2) is 17.0 Å². The lowest BCUT2D eigenvalue weighted by molar-refractivity contribution is -0.137. The second-order valence-electron chi connectivity index (χ2n) is 3.52. The zero-order chi connectivity index (χ0) is 12.1. The van der Waals surface area contributed by atoms with Crippen molar-refractivity contribution in [3.8, 4) is 0 Å². The van der Waals surface area contributed by atoms with E-state index in [1.807, 2.05) is 12.1 Å². The minimum absolute atomic E-state index is 0.0495. The molecule has 1 unspecified atom stereocenters. The monoisotopic (exact) mass is 285 g/mol. The predicted molar refractivity (Wildman–Crippen MR) is 62.9 cm³/mol. The van der Waals surface area contributed by atoms with Crippen molar-refractivity contribution < 1.29 is 14.7 Å². The number of carboxylic acid groups (broad SMARTS) is 1. The molecule has 0 radical (unpaired) electrons. The first-order valence-corrected chi connectivity index (χ1v) is 5.54. The highest BCUT2D eigenvalue weighted by molar-refractivity contribution is 9.10. The molecular formula is C11H12BrNO3. The molecule has 86 valence electrons. The Kier molecular flexibility index (Phi) is 4.49. The highest BCUT2D eigenvalue weighted by Crippen LogP contribution is 2.24. The van der Waals surface area contributed by atoms with Crippen LogP contribution in [0.15, 0.2) is 28.7 Å². The number of carboxylic acids is 1. The fraction of sp³-hybridized carbons (Fsp3) is 0.273. The van der Waals surface area contributed by atoms with E-state index in [-0.39, 0.29) is 18.8 Å². The number of aliphatic carboxylic acids is 1. The van der Waals surface area contributed by atoms with Gasteiger partial charge in [0, 0.05) is 16.8 Å². The van der Waals surface area contributed by atoms with Crippen LogP contribution in [0.4, 0.5) is 0 Å². The summed E-state index contributed by atoms with van der Waals surface area (Å²) in [6, 6.07) is 7.21. The summed E-state index contributed by atoms with van der Waals surface area (Å²) in [6.45, 7) is 0. The Bertz CT molecular complexity index is 373. The maximum atomic E-state index is 10.9. The molecule has 0 saturated heterocycles. The fourth-order valence-electron chi connectivity index (χ4n) is 1.50. The van der Waals surface area contributed by atoms with Gasteiger partial charge in [-0.3, -0.25) is 9.59 Å². The first-order chi connectivity index (χ1) is 7.49. The quantitative estimate of drug-likeness (QED) is 0.867. The van der Waals surface area contributed by atoms with E-state index < -0.39 is 11.9 Å². The van der Waals surface area contributed by atoms with Gasteiger partial charge in [-0.1, -0.05) is 28.1 Å². The van der Waals surface area contributed by atoms with Gasteiger partial charge in [0.2, 0.25) is 5.91 Å². The summed E-state index contributed by atoms with van der Waals surface area (Å²) in [5.41, 5.74) is 5.90. The molecule has 0 bridgehead atoms. The van der Waals surface area contributed by atoms with E-state index in [9.17, 15) is 9.59 Å². The molecule has 3 N–H and O–H groups in total. The van der Waals surface area contributed by atoms with E-state index in [1.54, 1.807) is 12.1 Å². The number of rotatable bonds is 5. The SMILES string of the molecule is NC(=O)CC(CC(=O)O)c1ccc(Br)cc1. The average molecular weight is 286 g/mol. The minimum Gasteiger partial charge on any atom is -0.481 e. The molecule has 1 amide bonds. The van der Waals surface area contributed by atoms with Crippen LogP contribution in [0.25, 0.3) is 0 Å². The van der Waals surface area contributed by atoms with E-state index in [0.29, 0.717) is 0 Å². The lowest BCUT2D eigenvalue weighted by Crippen LogP contribution is -2.17. The average Bonchev–Trinajstić information content (AvgIpc) is 2.16. The maximum Gasteiger partial charge on any atom is 0.303 e. The lowest BCUT2D eigenvalue weighted by atomic mass is 9.92. The van der Waals surface area contributed by atoms with E-state index in [2.05, 4.69) is 15.9 Å². The van der Waals surface area contributed by atoms with Crippen molar-refractivity contribution in [1.29, 1.82) is 0 Å². The third-order valence-corrected chi connectivity index (χ3v) is 2.74. The molecule has 1 atom stereocenters. The summed E-state index contributed by atoms with van der Waals surface area (Å²) in [7, 11) is 0. The number of primary amides is 1. The molecule has 16 heavy (non-hydrogen) atoms. The molecule has 1 rings (SSSR count). The van der Waals surface area contributed by atoms with Gasteiger partial charge in [0.15, 0.2) is 0 Å². The standard InChI is InChI=1S/C11H12BrNO3/c12-9-3-1-7(2-4-9)8(5-10(13)14)6-11(15)16/h1-4,8H,5-6H2,(H2,13,14)(H,15,16). The van der Waals surface area contributed by atoms with Crippen molar-refractivity contribution in [1.82, 2.24) is 0 Å². The zero-order valence-corrected chi connectivity index (χ0v) is 10.1. The molecule has 0 aromatic heterocycles. The molecule has 4 nitrogen and oxygen atoms in total. The Hall–Kier alpha value is -1.36. The van der Waals surface area contributed by atoms with Crippen molar-refractivity contribution in [3.05, 3.63) is 34.3 Å². The van der Waals surface area contributed by atoms with Crippen LogP contribution < -0.4 is 5.73 Å². The Balaban J connectivity index is 2.86. The largest absolute Gasteiger partial charge is 0.481 e. The number of amides is 1. The van der Waals surface area contributed by atoms with Crippen LogP contribution >= 0.6 is 15.9 Å². The molecule has 0 heterocycles. The van der Waals surface area contributed by atoms with Crippen molar-refractivity contribution in [2.24, 2.45) is 5.73 Å². The summed E-state index contributed by atoms with van der Waals surface area (Å²) in [4.78, 5) is 21.5. The third-order valence-electron chi connectivity index (χ3n) is 2.21. The number of benzene rings is 1. The van der Waals surface area contributed by atoms with E-state index >= 15 is 0 Å². The van der Waals surface area contributed by atoms with E-state index in [1.165, 1.54) is 0 Å². The van der Waals surface area contributed by atoms with Crippen LogP contribution in [-0.2, 0) is 9.59 Å². The first-order valence-electron chi connectivity index (χ1n) is 4.74. The molecule has 0 aliphatic rings. The summed E-state index contributed by atoms with van der Waals surface area (Å²) in [5, 5.41) is 8.75. The first kappa shape index (κ1) is 12.7. The van der Waals surface area contributed by atoms with Crippen molar-refractivity contribution in [2.45, 2.75) is 18.8 Å². The van der Waals surface area contributed by atoms with E-state index in [4.69, 9.17) is 10.8 Å². The molecule has 1 aromatic rings. The number of hydrogen-bond donors (Lipinski definition) is 2. The highest BCUT2D eigenvalue weighted by Gasteiger charge is 2.17. The molecule has 0 spiro atoms. The second kappa shape index (κ2) is 5.65. The van der Waals surface area contributed by atoms with Crippen LogP contribution in [0.3, 0.4) is 0 Å². The molecule has 0 fully saturated rings. The summed E-state index contributed by atoms with van der Waals surface area (Å²) in [6.07, 6.45) is -0.0432. The van der Waals surface area contributed by atoms with Gasteiger partial charge in [-0.05, 0) is 17.7 Å². The smallest absolute Gasteiger partial charge is 0.303 e. The Morgan fingerprint density at radius 2 is 1.81 bits per heavy atom. The normalized spacial score (nSPS) is 12.1. The predicted octanol–water partition coefficient (Wildman–Crippen LogP) is 1.88. The van der Waals surface area contributed by atoms with Gasteiger partial charge in [0.1, 0.15) is 0 Å². The lowest BCUT2D eigenvalue weighted by Gasteiger charge is -2.13. The molecule has 0 saturated carbocycles. The number of nitrogens with two attached hydrogens (primary N) is 1. The molecule has 0 aliphatic heterocycles. The molecule has 0 aliphatic carbocycles. The van der Waals surface area contributed by atoms with Crippen molar-refractivity contribution >= 4 is 27.8 Å². The van der Waals surface area contributed by atoms with Gasteiger partial charge < -0.3 is 10.8 Å². The van der Waals surface area contributed by atoms with Gasteiger partial charge in [0.05, 0.1) is 6.42 Å². The Morgan fingerprint density at radius 1 is 1.25 bits per heavy atom. The van der Waals surface area contributed by atoms with Gasteiger partial charge >= 0.3 is 5.97 Å². The van der Waals surface area contributed by atoms with Gasteiger partial charge in [-0.2, -0.15) is 0 Å². The molecular weight excluding hydrogens is 274 g/mol. The topological polar surface area (TPSA) is 80.4 Å². The van der Waals surface area contributed by atoms with Gasteiger partial charge in [-0.15, -0.1) is 0 Å². The summed E-state index contributed by atoms with van der Waals surface area (Å²) >= 11 is 3.29. The van der Waals surface area contributed by atoms with Crippen LogP contribution in [0, 0.1) is 0 Å². The number of carbonyl (C=O) groups is 2. The summed E-state index contributed by atoms with van der Waals surface area (Å²) < 4.78 is 0.907.